The number of nitrogens with one attached hydrogen (secondary N) is 1. The third-order valence-corrected chi connectivity index (χ3v) is 3.75. The monoisotopic (exact) mass is 277 g/mol. The zero-order valence-electron chi connectivity index (χ0n) is 12.3. The summed E-state index contributed by atoms with van der Waals surface area (Å²) in [5.41, 5.74) is 1.10. The van der Waals surface area contributed by atoms with Crippen molar-refractivity contribution in [1.29, 1.82) is 0 Å². The molecule has 2 rings (SSSR count). The molecule has 110 valence electrons. The molecule has 5 heteroatoms. The minimum Gasteiger partial charge on any atom is -0.462 e. The summed E-state index contributed by atoms with van der Waals surface area (Å²) < 4.78 is 4.96. The number of nitrogens with zero attached hydrogens (tertiary/aromatic N) is 2. The Kier molecular flexibility index (Phi) is 5.32. The molecule has 0 unspecified atom stereocenters. The second-order valence-corrected chi connectivity index (χ2v) is 5.30. The molecule has 0 atom stereocenters. The Morgan fingerprint density at radius 1 is 1.40 bits per heavy atom. The lowest BCUT2D eigenvalue weighted by Gasteiger charge is -2.21. The summed E-state index contributed by atoms with van der Waals surface area (Å²) in [7, 11) is 0. The molecule has 1 aliphatic carbocycles. The van der Waals surface area contributed by atoms with Gasteiger partial charge in [0.1, 0.15) is 0 Å². The van der Waals surface area contributed by atoms with E-state index in [0.717, 1.165) is 12.5 Å². The standard InChI is InChI=1S/C15H23N3O2/c1-3-20-14(19)13-10-17-15(18-11(13)2)16-9-12-7-5-4-6-8-12/h10,12H,3-9H2,1-2H3,(H,16,17,18). The lowest BCUT2D eigenvalue weighted by atomic mass is 9.89. The van der Waals surface area contributed by atoms with Gasteiger partial charge in [-0.15, -0.1) is 0 Å². The predicted molar refractivity (Wildman–Crippen MR) is 77.8 cm³/mol. The molecule has 1 saturated carbocycles. The van der Waals surface area contributed by atoms with Crippen LogP contribution in [0.1, 0.15) is 55.1 Å². The molecule has 1 N–H and O–H groups in total. The topological polar surface area (TPSA) is 64.1 Å². The van der Waals surface area contributed by atoms with Crippen LogP contribution < -0.4 is 5.32 Å². The van der Waals surface area contributed by atoms with Gasteiger partial charge in [0.05, 0.1) is 17.9 Å². The maximum Gasteiger partial charge on any atom is 0.341 e. The Bertz CT molecular complexity index is 456. The van der Waals surface area contributed by atoms with E-state index in [1.807, 2.05) is 0 Å². The van der Waals surface area contributed by atoms with Gasteiger partial charge < -0.3 is 10.1 Å². The number of aromatic nitrogens is 2. The van der Waals surface area contributed by atoms with Crippen LogP contribution in [0.15, 0.2) is 6.20 Å². The Balaban J connectivity index is 1.92. The van der Waals surface area contributed by atoms with Crippen molar-refractivity contribution in [2.45, 2.75) is 46.0 Å². The molecular formula is C15H23N3O2. The Hall–Kier alpha value is -1.65. The van der Waals surface area contributed by atoms with Crippen molar-refractivity contribution in [3.8, 4) is 0 Å². The molecule has 20 heavy (non-hydrogen) atoms. The first-order chi connectivity index (χ1) is 9.70. The predicted octanol–water partition coefficient (Wildman–Crippen LogP) is 2.95. The van der Waals surface area contributed by atoms with Gasteiger partial charge in [0.2, 0.25) is 5.95 Å². The van der Waals surface area contributed by atoms with Gasteiger partial charge in [-0.25, -0.2) is 14.8 Å². The fourth-order valence-corrected chi connectivity index (χ4v) is 2.59. The van der Waals surface area contributed by atoms with Gasteiger partial charge in [-0.1, -0.05) is 19.3 Å². The van der Waals surface area contributed by atoms with Crippen LogP contribution in [0.5, 0.6) is 0 Å². The zero-order valence-corrected chi connectivity index (χ0v) is 12.3. The minimum absolute atomic E-state index is 0.358. The number of rotatable bonds is 5. The Labute approximate surface area is 120 Å². The number of carbonyl (C=O) groups excluding carboxylic acids is 1. The quantitative estimate of drug-likeness (QED) is 0.838. The molecule has 0 aliphatic heterocycles. The first-order valence-corrected chi connectivity index (χ1v) is 7.45. The summed E-state index contributed by atoms with van der Waals surface area (Å²) in [6, 6.07) is 0. The molecule has 0 amide bonds. The summed E-state index contributed by atoms with van der Waals surface area (Å²) in [4.78, 5) is 20.2. The van der Waals surface area contributed by atoms with E-state index in [9.17, 15) is 4.79 Å². The summed E-state index contributed by atoms with van der Waals surface area (Å²) in [6.45, 7) is 4.87. The highest BCUT2D eigenvalue weighted by atomic mass is 16.5. The third kappa shape index (κ3) is 3.92. The second kappa shape index (κ2) is 7.22. The molecule has 1 aromatic heterocycles. The molecule has 5 nitrogen and oxygen atoms in total. The van der Waals surface area contributed by atoms with E-state index >= 15 is 0 Å². The highest BCUT2D eigenvalue weighted by Gasteiger charge is 2.15. The van der Waals surface area contributed by atoms with E-state index in [1.165, 1.54) is 32.1 Å². The van der Waals surface area contributed by atoms with Gasteiger partial charge in [0, 0.05) is 12.7 Å². The van der Waals surface area contributed by atoms with Crippen LogP contribution in [-0.4, -0.2) is 29.1 Å². The summed E-state index contributed by atoms with van der Waals surface area (Å²) in [5, 5.41) is 3.28. The van der Waals surface area contributed by atoms with Gasteiger partial charge in [0.15, 0.2) is 0 Å². The number of anilines is 1. The largest absolute Gasteiger partial charge is 0.462 e. The number of aryl methyl sites for hydroxylation is 1. The normalized spacial score (nSPS) is 15.9. The molecule has 0 radical (unpaired) electrons. The Morgan fingerprint density at radius 2 is 2.15 bits per heavy atom. The third-order valence-electron chi connectivity index (χ3n) is 3.75. The fraction of sp³-hybridized carbons (Fsp3) is 0.667. The molecule has 1 fully saturated rings. The summed E-state index contributed by atoms with van der Waals surface area (Å²) in [5.74, 6) is 0.961. The highest BCUT2D eigenvalue weighted by Crippen LogP contribution is 2.23. The van der Waals surface area contributed by atoms with E-state index in [2.05, 4.69) is 15.3 Å². The molecular weight excluding hydrogens is 254 g/mol. The zero-order chi connectivity index (χ0) is 14.4. The van der Waals surface area contributed by atoms with E-state index in [-0.39, 0.29) is 5.97 Å². The van der Waals surface area contributed by atoms with Gasteiger partial charge in [0.25, 0.3) is 0 Å². The van der Waals surface area contributed by atoms with Crippen LogP contribution in [0.2, 0.25) is 0 Å². The highest BCUT2D eigenvalue weighted by molar-refractivity contribution is 5.90. The summed E-state index contributed by atoms with van der Waals surface area (Å²) in [6.07, 6.45) is 8.13. The van der Waals surface area contributed by atoms with Crippen LogP contribution in [0.25, 0.3) is 0 Å². The lowest BCUT2D eigenvalue weighted by molar-refractivity contribution is 0.0524. The van der Waals surface area contributed by atoms with E-state index in [4.69, 9.17) is 4.74 Å². The fourth-order valence-electron chi connectivity index (χ4n) is 2.59. The van der Waals surface area contributed by atoms with Crippen LogP contribution in [0.3, 0.4) is 0 Å². The van der Waals surface area contributed by atoms with Crippen molar-refractivity contribution >= 4 is 11.9 Å². The number of carbonyl (C=O) groups is 1. The van der Waals surface area contributed by atoms with Crippen molar-refractivity contribution < 1.29 is 9.53 Å². The average molecular weight is 277 g/mol. The van der Waals surface area contributed by atoms with Crippen LogP contribution in [0.4, 0.5) is 5.95 Å². The molecule has 0 bridgehead atoms. The first-order valence-electron chi connectivity index (χ1n) is 7.45. The number of hydrogen-bond donors (Lipinski definition) is 1. The maximum absolute atomic E-state index is 11.7. The van der Waals surface area contributed by atoms with Gasteiger partial charge in [-0.05, 0) is 32.6 Å². The molecule has 1 aromatic rings. The van der Waals surface area contributed by atoms with Crippen molar-refractivity contribution in [2.24, 2.45) is 5.92 Å². The first kappa shape index (κ1) is 14.8. The maximum atomic E-state index is 11.7. The molecule has 0 saturated heterocycles. The van der Waals surface area contributed by atoms with Crippen LogP contribution in [-0.2, 0) is 4.74 Å². The molecule has 1 aliphatic rings. The minimum atomic E-state index is -0.358. The number of hydrogen-bond acceptors (Lipinski definition) is 5. The van der Waals surface area contributed by atoms with Gasteiger partial charge in [-0.3, -0.25) is 0 Å². The summed E-state index contributed by atoms with van der Waals surface area (Å²) >= 11 is 0. The van der Waals surface area contributed by atoms with Crippen molar-refractivity contribution in [3.05, 3.63) is 17.5 Å². The molecule has 0 spiro atoms. The van der Waals surface area contributed by atoms with Gasteiger partial charge in [-0.2, -0.15) is 0 Å². The van der Waals surface area contributed by atoms with Crippen molar-refractivity contribution in [3.63, 3.8) is 0 Å². The molecule has 0 aromatic carbocycles. The van der Waals surface area contributed by atoms with Crippen LogP contribution in [0, 0.1) is 12.8 Å². The van der Waals surface area contributed by atoms with E-state index in [0.29, 0.717) is 23.8 Å². The van der Waals surface area contributed by atoms with Crippen molar-refractivity contribution in [2.75, 3.05) is 18.5 Å². The Morgan fingerprint density at radius 3 is 2.80 bits per heavy atom. The van der Waals surface area contributed by atoms with E-state index in [1.54, 1.807) is 20.0 Å². The average Bonchev–Trinajstić information content (AvgIpc) is 2.46. The van der Waals surface area contributed by atoms with Crippen LogP contribution >= 0.6 is 0 Å². The number of esters is 1. The number of ether oxygens (including phenoxy) is 1. The second-order valence-electron chi connectivity index (χ2n) is 5.30. The van der Waals surface area contributed by atoms with E-state index < -0.39 is 0 Å². The smallest absolute Gasteiger partial charge is 0.341 e. The van der Waals surface area contributed by atoms with Gasteiger partial charge >= 0.3 is 5.97 Å². The molecule has 1 heterocycles. The SMILES string of the molecule is CCOC(=O)c1cnc(NCC2CCCCC2)nc1C. The van der Waals surface area contributed by atoms with Crippen molar-refractivity contribution in [1.82, 2.24) is 9.97 Å². The lowest BCUT2D eigenvalue weighted by Crippen LogP contribution is -2.19.